The number of nitrogens with one attached hydrogen (secondary N) is 3. The van der Waals surface area contributed by atoms with E-state index in [4.69, 9.17) is 0 Å². The molecule has 5 heteroatoms. The molecule has 0 heterocycles. The van der Waals surface area contributed by atoms with Crippen molar-refractivity contribution in [1.82, 2.24) is 16.0 Å². The van der Waals surface area contributed by atoms with Crippen LogP contribution < -0.4 is 16.0 Å². The molecule has 0 saturated heterocycles. The number of nitrogens with zero attached hydrogens (tertiary/aromatic N) is 2. The van der Waals surface area contributed by atoms with E-state index in [0.717, 1.165) is 5.96 Å². The van der Waals surface area contributed by atoms with Gasteiger partial charge in [0.25, 0.3) is 0 Å². The summed E-state index contributed by atoms with van der Waals surface area (Å²) in [6.45, 7) is 16.6. The summed E-state index contributed by atoms with van der Waals surface area (Å²) in [6.07, 6.45) is 0. The average Bonchev–Trinajstić information content (AvgIpc) is 2.11. The number of rotatable bonds is 4. The van der Waals surface area contributed by atoms with Crippen molar-refractivity contribution < 1.29 is 0 Å². The number of hydrogen-bond donors (Lipinski definition) is 3. The first kappa shape index (κ1) is 17.7. The number of hydrogen-bond acceptors (Lipinski definition) is 1. The van der Waals surface area contributed by atoms with E-state index in [0.29, 0.717) is 24.1 Å². The van der Waals surface area contributed by atoms with Crippen LogP contribution in [0.3, 0.4) is 0 Å². The molecular formula is C14H31N5. The van der Waals surface area contributed by atoms with Crippen molar-refractivity contribution in [2.24, 2.45) is 9.98 Å². The summed E-state index contributed by atoms with van der Waals surface area (Å²) in [7, 11) is 0. The molecule has 0 aromatic heterocycles. The molecule has 0 atom stereocenters. The zero-order chi connectivity index (χ0) is 15.0. The van der Waals surface area contributed by atoms with E-state index in [2.05, 4.69) is 67.5 Å². The van der Waals surface area contributed by atoms with Gasteiger partial charge in [-0.25, -0.2) is 4.99 Å². The SMILES string of the molecule is CC(C)/N=C(\N=C(NC(C)C)NC(C)C)NC(C)C. The maximum absolute atomic E-state index is 4.57. The largest absolute Gasteiger partial charge is 0.354 e. The number of guanidine groups is 2. The standard InChI is InChI=1S/C14H31N5/c1-9(2)15-13(16-10(3)4)19-14(17-11(5)6)18-12(7)8/h9-12H,1-8H3,(H3,15,16,17,18,19). The van der Waals surface area contributed by atoms with Crippen molar-refractivity contribution in [3.05, 3.63) is 0 Å². The minimum absolute atomic E-state index is 0.212. The van der Waals surface area contributed by atoms with Gasteiger partial charge >= 0.3 is 0 Å². The molecule has 0 aromatic carbocycles. The Kier molecular flexibility index (Phi) is 8.19. The predicted octanol–water partition coefficient (Wildman–Crippen LogP) is 2.10. The van der Waals surface area contributed by atoms with Crippen LogP contribution in [-0.2, 0) is 0 Å². The smallest absolute Gasteiger partial charge is 0.221 e. The summed E-state index contributed by atoms with van der Waals surface area (Å²) in [6, 6.07) is 1.17. The first-order valence-corrected chi connectivity index (χ1v) is 7.16. The molecule has 0 unspecified atom stereocenters. The highest BCUT2D eigenvalue weighted by Gasteiger charge is 2.07. The van der Waals surface area contributed by atoms with E-state index < -0.39 is 0 Å². The van der Waals surface area contributed by atoms with Gasteiger partial charge in [-0.05, 0) is 55.4 Å². The zero-order valence-electron chi connectivity index (χ0n) is 13.7. The first-order chi connectivity index (χ1) is 8.70. The molecule has 0 spiro atoms. The highest BCUT2D eigenvalue weighted by Crippen LogP contribution is 1.92. The average molecular weight is 269 g/mol. The Bertz CT molecular complexity index is 291. The van der Waals surface area contributed by atoms with E-state index >= 15 is 0 Å². The van der Waals surface area contributed by atoms with Crippen LogP contribution in [0.15, 0.2) is 9.98 Å². The molecule has 0 saturated carbocycles. The summed E-state index contributed by atoms with van der Waals surface area (Å²) in [4.78, 5) is 9.08. The highest BCUT2D eigenvalue weighted by molar-refractivity contribution is 5.95. The molecule has 3 N–H and O–H groups in total. The molecule has 19 heavy (non-hydrogen) atoms. The molecule has 0 aliphatic heterocycles. The summed E-state index contributed by atoms with van der Waals surface area (Å²) in [5.74, 6) is 1.43. The Morgan fingerprint density at radius 3 is 1.42 bits per heavy atom. The fourth-order valence-electron chi connectivity index (χ4n) is 1.36. The van der Waals surface area contributed by atoms with E-state index in [1.807, 2.05) is 13.8 Å². The van der Waals surface area contributed by atoms with Gasteiger partial charge in [0.2, 0.25) is 5.96 Å². The zero-order valence-corrected chi connectivity index (χ0v) is 13.7. The minimum Gasteiger partial charge on any atom is -0.354 e. The topological polar surface area (TPSA) is 60.8 Å². The van der Waals surface area contributed by atoms with Crippen molar-refractivity contribution in [3.63, 3.8) is 0 Å². The summed E-state index contributed by atoms with van der Waals surface area (Å²) >= 11 is 0. The second-order valence-corrected chi connectivity index (χ2v) is 5.90. The fourth-order valence-corrected chi connectivity index (χ4v) is 1.36. The van der Waals surface area contributed by atoms with Crippen molar-refractivity contribution in [1.29, 1.82) is 0 Å². The molecule has 0 aromatic rings. The molecule has 0 fully saturated rings. The van der Waals surface area contributed by atoms with Crippen molar-refractivity contribution in [2.45, 2.75) is 79.6 Å². The Labute approximate surface area is 118 Å². The quantitative estimate of drug-likeness (QED) is 0.541. The Hall–Kier alpha value is -1.26. The molecule has 5 nitrogen and oxygen atoms in total. The maximum atomic E-state index is 4.57. The Morgan fingerprint density at radius 1 is 0.684 bits per heavy atom. The molecule has 0 bridgehead atoms. The van der Waals surface area contributed by atoms with Crippen LogP contribution in [0.1, 0.15) is 55.4 Å². The number of aliphatic imine (C=N–C) groups is 2. The summed E-state index contributed by atoms with van der Waals surface area (Å²) in [5.41, 5.74) is 0. The van der Waals surface area contributed by atoms with Crippen molar-refractivity contribution in [2.75, 3.05) is 0 Å². The van der Waals surface area contributed by atoms with Gasteiger partial charge in [-0.15, -0.1) is 0 Å². The lowest BCUT2D eigenvalue weighted by Crippen LogP contribution is -2.45. The van der Waals surface area contributed by atoms with Gasteiger partial charge in [0.05, 0.1) is 0 Å². The molecule has 0 aliphatic rings. The first-order valence-electron chi connectivity index (χ1n) is 7.16. The van der Waals surface area contributed by atoms with Crippen LogP contribution in [0.25, 0.3) is 0 Å². The molecule has 0 amide bonds. The van der Waals surface area contributed by atoms with Crippen LogP contribution >= 0.6 is 0 Å². The van der Waals surface area contributed by atoms with E-state index in [-0.39, 0.29) is 6.04 Å². The third-order valence-electron chi connectivity index (χ3n) is 1.87. The van der Waals surface area contributed by atoms with Crippen LogP contribution in [-0.4, -0.2) is 36.1 Å². The second-order valence-electron chi connectivity index (χ2n) is 5.90. The Morgan fingerprint density at radius 2 is 1.11 bits per heavy atom. The van der Waals surface area contributed by atoms with Gasteiger partial charge in [-0.1, -0.05) is 0 Å². The lowest BCUT2D eigenvalue weighted by molar-refractivity contribution is 0.658. The van der Waals surface area contributed by atoms with Gasteiger partial charge in [-0.2, -0.15) is 4.99 Å². The molecule has 0 radical (unpaired) electrons. The monoisotopic (exact) mass is 269 g/mol. The van der Waals surface area contributed by atoms with Crippen LogP contribution in [0.4, 0.5) is 0 Å². The van der Waals surface area contributed by atoms with Gasteiger partial charge in [-0.3, -0.25) is 0 Å². The normalized spacial score (nSPS) is 12.3. The van der Waals surface area contributed by atoms with Crippen LogP contribution in [0, 0.1) is 0 Å². The lowest BCUT2D eigenvalue weighted by atomic mass is 10.4. The van der Waals surface area contributed by atoms with Gasteiger partial charge < -0.3 is 16.0 Å². The van der Waals surface area contributed by atoms with E-state index in [9.17, 15) is 0 Å². The summed E-state index contributed by atoms with van der Waals surface area (Å²) < 4.78 is 0. The maximum Gasteiger partial charge on any atom is 0.221 e. The molecule has 0 rings (SSSR count). The molecule has 112 valence electrons. The van der Waals surface area contributed by atoms with E-state index in [1.165, 1.54) is 0 Å². The predicted molar refractivity (Wildman–Crippen MR) is 84.8 cm³/mol. The fraction of sp³-hybridized carbons (Fsp3) is 0.857. The van der Waals surface area contributed by atoms with Gasteiger partial charge in [0, 0.05) is 24.2 Å². The molecule has 0 aliphatic carbocycles. The van der Waals surface area contributed by atoms with Gasteiger partial charge in [0.1, 0.15) is 0 Å². The highest BCUT2D eigenvalue weighted by atomic mass is 15.3. The minimum atomic E-state index is 0.212. The van der Waals surface area contributed by atoms with Crippen molar-refractivity contribution in [3.8, 4) is 0 Å². The van der Waals surface area contributed by atoms with E-state index in [1.54, 1.807) is 0 Å². The second kappa shape index (κ2) is 8.77. The Balaban J connectivity index is 5.07. The summed E-state index contributed by atoms with van der Waals surface area (Å²) in [5, 5.41) is 9.88. The third-order valence-corrected chi connectivity index (χ3v) is 1.87. The lowest BCUT2D eigenvalue weighted by Gasteiger charge is -2.19. The van der Waals surface area contributed by atoms with Crippen molar-refractivity contribution >= 4 is 11.9 Å². The van der Waals surface area contributed by atoms with Crippen LogP contribution in [0.2, 0.25) is 0 Å². The van der Waals surface area contributed by atoms with Crippen LogP contribution in [0.5, 0.6) is 0 Å². The third kappa shape index (κ3) is 10.4. The van der Waals surface area contributed by atoms with Gasteiger partial charge in [0.15, 0.2) is 5.96 Å². The molecular weight excluding hydrogens is 238 g/mol.